The minimum atomic E-state index is -0.311. The van der Waals surface area contributed by atoms with Crippen molar-refractivity contribution in [1.82, 2.24) is 0 Å². The van der Waals surface area contributed by atoms with E-state index >= 15 is 0 Å². The SMILES string of the molecule is C=C1C=Cc2ccc(OC(=S)c3ccc(C)cc3)cc2O1.C=C1C=Cc2ccc(OC(=S)c3ccc(C)cc3)cc2O1.C=C1C=Cc2ccc(OC(=S)c3ccc(C)cc3)cc2O1.C=C1C=Cc2ccc(OC(=S)c3ccc(Cl)cc3)cc2O1.C=C1C=Cc2ccc(OC(=S)c3ccc(F)cc3)cc2O1.C=C1C=Cc2ccc(OC(=S)c3ccccc3)cc2O1. The predicted octanol–water partition coefficient (Wildman–Crippen LogP) is 27.9. The van der Waals surface area contributed by atoms with Crippen molar-refractivity contribution < 1.29 is 61.2 Å². The highest BCUT2D eigenvalue weighted by Crippen LogP contribution is 2.38. The summed E-state index contributed by atoms with van der Waals surface area (Å²) in [5, 5.41) is 3.10. The lowest BCUT2D eigenvalue weighted by atomic mass is 10.1. The molecule has 0 saturated carbocycles. The molecule has 0 radical (unpaired) electrons. The predicted molar refractivity (Wildman–Crippen MR) is 523 cm³/mol. The fourth-order valence-electron chi connectivity index (χ4n) is 11.8. The first kappa shape index (κ1) is 88.7. The van der Waals surface area contributed by atoms with E-state index in [1.54, 1.807) is 48.5 Å². The molecule has 6 aliphatic heterocycles. The molecule has 0 aliphatic carbocycles. The zero-order chi connectivity index (χ0) is 88.0. The van der Waals surface area contributed by atoms with Gasteiger partial charge in [0.25, 0.3) is 0 Å². The van der Waals surface area contributed by atoms with Gasteiger partial charge in [0.15, 0.2) is 30.3 Å². The van der Waals surface area contributed by atoms with E-state index in [4.69, 9.17) is 142 Å². The van der Waals surface area contributed by atoms with E-state index in [0.717, 1.165) is 84.2 Å². The molecule has 0 aromatic heterocycles. The molecular weight excluding hydrogens is 1700 g/mol. The van der Waals surface area contributed by atoms with Crippen LogP contribution in [0.15, 0.2) is 371 Å². The second-order valence-electron chi connectivity index (χ2n) is 27.9. The van der Waals surface area contributed by atoms with Crippen molar-refractivity contribution in [2.75, 3.05) is 0 Å². The molecule has 6 aliphatic rings. The fourth-order valence-corrected chi connectivity index (χ4v) is 13.3. The number of rotatable bonds is 12. The first-order valence-corrected chi connectivity index (χ1v) is 41.4. The van der Waals surface area contributed by atoms with Crippen LogP contribution in [0.25, 0.3) is 36.5 Å². The normalized spacial score (nSPS) is 12.5. The Balaban J connectivity index is 0.000000129. The molecule has 0 bridgehead atoms. The van der Waals surface area contributed by atoms with Gasteiger partial charge in [0, 0.05) is 108 Å². The standard InChI is InChI=1S/3C18H14O2S.C17H11ClO2S.C17H11FO2S.C17H12O2S/c3*1-12-3-6-15(7-4-12)18(21)20-16-10-9-14-8-5-13(2)19-17(14)11-16;2*1-11-2-3-12-6-9-15(10-16(12)19-11)20-17(21)13-4-7-14(18)8-5-13;1-12-7-8-13-9-10-15(11-16(13)18-12)19-17(20)14-5-3-2-4-6-14/h3*3-11H,2H2,1H3;2*2-10H,1H2;2-11H,1H2. The topological polar surface area (TPSA) is 111 Å². The molecule has 125 heavy (non-hydrogen) atoms. The summed E-state index contributed by atoms with van der Waals surface area (Å²) in [6.45, 7) is 28.8. The average molecular weight is 1780 g/mol. The van der Waals surface area contributed by atoms with Crippen LogP contribution in [-0.4, -0.2) is 30.3 Å². The molecule has 18 rings (SSSR count). The van der Waals surface area contributed by atoms with Crippen molar-refractivity contribution in [2.24, 2.45) is 0 Å². The summed E-state index contributed by atoms with van der Waals surface area (Å²) in [5.41, 5.74) is 14.5. The third-order valence-electron chi connectivity index (χ3n) is 18.3. The fraction of sp³-hybridized carbons (Fsp3) is 0.0286. The summed E-state index contributed by atoms with van der Waals surface area (Å²) in [6, 6.07) is 80.0. The number of thiocarbonyl (C=S) groups is 6. The number of hydrogen-bond donors (Lipinski definition) is 0. The minimum Gasteiger partial charge on any atom is -0.457 e. The van der Waals surface area contributed by atoms with Crippen LogP contribution in [0.1, 0.15) is 83.5 Å². The van der Waals surface area contributed by atoms with Gasteiger partial charge in [0.2, 0.25) is 0 Å². The summed E-state index contributed by atoms with van der Waals surface area (Å²) >= 11 is 37.6. The number of hydrogen-bond acceptors (Lipinski definition) is 18. The van der Waals surface area contributed by atoms with E-state index in [2.05, 4.69) is 39.5 Å². The monoisotopic (exact) mass is 1770 g/mol. The van der Waals surface area contributed by atoms with Crippen LogP contribution < -0.4 is 56.8 Å². The van der Waals surface area contributed by atoms with Crippen LogP contribution in [0.3, 0.4) is 0 Å². The van der Waals surface area contributed by atoms with E-state index in [1.165, 1.54) is 28.8 Å². The summed E-state index contributed by atoms with van der Waals surface area (Å²) in [6.07, 6.45) is 22.7. The first-order chi connectivity index (χ1) is 60.3. The maximum absolute atomic E-state index is 12.9. The van der Waals surface area contributed by atoms with Crippen LogP contribution in [0, 0.1) is 26.6 Å². The van der Waals surface area contributed by atoms with Gasteiger partial charge < -0.3 is 56.8 Å². The highest BCUT2D eigenvalue weighted by Gasteiger charge is 2.19. The Bertz CT molecular complexity index is 5690. The van der Waals surface area contributed by atoms with Gasteiger partial charge in [-0.25, -0.2) is 4.39 Å². The van der Waals surface area contributed by atoms with Crippen molar-refractivity contribution in [2.45, 2.75) is 20.8 Å². The summed E-state index contributed by atoms with van der Waals surface area (Å²) in [4.78, 5) is 0. The number of fused-ring (bicyclic) bond motifs is 6. The van der Waals surface area contributed by atoms with Gasteiger partial charge in [-0.05, 0) is 288 Å². The molecule has 20 heteroatoms. The molecule has 12 nitrogen and oxygen atoms in total. The number of halogens is 2. The lowest BCUT2D eigenvalue weighted by Gasteiger charge is -2.15. The Kier molecular flexibility index (Phi) is 29.9. The highest BCUT2D eigenvalue weighted by atomic mass is 35.5. The molecule has 618 valence electrons. The number of aryl methyl sites for hydroxylation is 3. The third-order valence-corrected chi connectivity index (χ3v) is 20.5. The van der Waals surface area contributed by atoms with E-state index in [0.29, 0.717) is 116 Å². The zero-order valence-corrected chi connectivity index (χ0v) is 73.3. The molecule has 0 N–H and O–H groups in total. The van der Waals surface area contributed by atoms with Gasteiger partial charge in [-0.1, -0.05) is 171 Å². The van der Waals surface area contributed by atoms with Crippen molar-refractivity contribution in [3.63, 3.8) is 0 Å². The van der Waals surface area contributed by atoms with Crippen LogP contribution in [0.4, 0.5) is 4.39 Å². The molecule has 0 spiro atoms. The smallest absolute Gasteiger partial charge is 0.198 e. The third kappa shape index (κ3) is 25.5. The van der Waals surface area contributed by atoms with Gasteiger partial charge in [-0.2, -0.15) is 0 Å². The van der Waals surface area contributed by atoms with Gasteiger partial charge in [0.1, 0.15) is 109 Å². The van der Waals surface area contributed by atoms with Crippen LogP contribution in [0.2, 0.25) is 5.02 Å². The Labute approximate surface area is 762 Å². The van der Waals surface area contributed by atoms with E-state index in [9.17, 15) is 4.39 Å². The van der Waals surface area contributed by atoms with Crippen molar-refractivity contribution in [3.05, 3.63) is 466 Å². The first-order valence-electron chi connectivity index (χ1n) is 38.5. The highest BCUT2D eigenvalue weighted by molar-refractivity contribution is 7.81. The Hall–Kier alpha value is -14.1. The summed E-state index contributed by atoms with van der Waals surface area (Å²) in [5.74, 6) is 11.4. The molecule has 0 fully saturated rings. The largest absolute Gasteiger partial charge is 0.457 e. The molecule has 6 heterocycles. The van der Waals surface area contributed by atoms with Crippen LogP contribution in [-0.2, 0) is 0 Å². The maximum Gasteiger partial charge on any atom is 0.198 e. The molecule has 0 atom stereocenters. The van der Waals surface area contributed by atoms with Gasteiger partial charge in [0.05, 0.1) is 0 Å². The molecule has 0 unspecified atom stereocenters. The number of ether oxygens (including phenoxy) is 12. The lowest BCUT2D eigenvalue weighted by molar-refractivity contribution is 0.438. The van der Waals surface area contributed by atoms with Crippen molar-refractivity contribution in [3.8, 4) is 69.0 Å². The van der Waals surface area contributed by atoms with E-state index < -0.39 is 0 Å². The Morgan fingerprint density at radius 2 is 0.424 bits per heavy atom. The lowest BCUT2D eigenvalue weighted by Crippen LogP contribution is -2.07. The summed E-state index contributed by atoms with van der Waals surface area (Å²) in [7, 11) is 0. The number of allylic oxidation sites excluding steroid dienone is 6. The Morgan fingerprint density at radius 3 is 0.632 bits per heavy atom. The second-order valence-corrected chi connectivity index (χ2v) is 30.6. The van der Waals surface area contributed by atoms with Gasteiger partial charge >= 0.3 is 0 Å². The maximum atomic E-state index is 12.9. The van der Waals surface area contributed by atoms with Crippen LogP contribution >= 0.6 is 84.9 Å². The molecule has 12 aromatic carbocycles. The quantitative estimate of drug-likeness (QED) is 0.108. The number of benzene rings is 12. The van der Waals surface area contributed by atoms with Gasteiger partial charge in [-0.15, -0.1) is 0 Å². The zero-order valence-electron chi connectivity index (χ0n) is 67.6. The Morgan fingerprint density at radius 1 is 0.240 bits per heavy atom. The molecular formula is C105H76ClFO12S6. The summed E-state index contributed by atoms with van der Waals surface area (Å²) < 4.78 is 80.5. The molecule has 0 saturated heterocycles. The van der Waals surface area contributed by atoms with Crippen molar-refractivity contribution in [1.29, 1.82) is 0 Å². The van der Waals surface area contributed by atoms with E-state index in [-0.39, 0.29) is 10.9 Å². The molecule has 12 aromatic rings. The molecule has 0 amide bonds. The van der Waals surface area contributed by atoms with Crippen molar-refractivity contribution >= 4 is 152 Å². The van der Waals surface area contributed by atoms with Crippen LogP contribution in [0.5, 0.6) is 69.0 Å². The average Bonchev–Trinajstić information content (AvgIpc) is 0.841. The second kappa shape index (κ2) is 42.1. The van der Waals surface area contributed by atoms with E-state index in [1.807, 2.05) is 294 Å². The van der Waals surface area contributed by atoms with Gasteiger partial charge in [-0.3, -0.25) is 0 Å². The minimum absolute atomic E-state index is 0.278.